The maximum Gasteiger partial charge on any atom is 0.435 e. The van der Waals surface area contributed by atoms with Crippen molar-refractivity contribution in [3.05, 3.63) is 35.7 Å². The lowest BCUT2D eigenvalue weighted by atomic mass is 10.2. The summed E-state index contributed by atoms with van der Waals surface area (Å²) in [5.41, 5.74) is -2.25. The number of hydrogen-bond acceptors (Lipinski definition) is 5. The SMILES string of the molecule is CC(C)(C)OC(=O)Nc1n[nH]c2ccc(-n3nc(C(F)(F)F)cc3C(=O)O)cc12. The number of aromatic amines is 1. The summed E-state index contributed by atoms with van der Waals surface area (Å²) in [5, 5.41) is 22.0. The van der Waals surface area contributed by atoms with Crippen molar-refractivity contribution in [2.24, 2.45) is 0 Å². The molecule has 0 radical (unpaired) electrons. The molecule has 0 spiro atoms. The maximum absolute atomic E-state index is 13.0. The highest BCUT2D eigenvalue weighted by Gasteiger charge is 2.36. The molecule has 0 saturated heterocycles. The van der Waals surface area contributed by atoms with Gasteiger partial charge >= 0.3 is 18.2 Å². The third-order valence-corrected chi connectivity index (χ3v) is 3.63. The number of alkyl halides is 3. The molecule has 0 saturated carbocycles. The number of benzene rings is 1. The lowest BCUT2D eigenvalue weighted by molar-refractivity contribution is -0.141. The van der Waals surface area contributed by atoms with E-state index in [1.165, 1.54) is 18.2 Å². The summed E-state index contributed by atoms with van der Waals surface area (Å²) >= 11 is 0. The zero-order chi connectivity index (χ0) is 21.6. The molecule has 0 bridgehead atoms. The number of amides is 1. The fourth-order valence-electron chi connectivity index (χ4n) is 2.50. The molecule has 3 rings (SSSR count). The number of aromatic carboxylic acids is 1. The molecule has 1 aromatic carbocycles. The highest BCUT2D eigenvalue weighted by Crippen LogP contribution is 2.31. The van der Waals surface area contributed by atoms with Crippen LogP contribution in [0.25, 0.3) is 16.6 Å². The zero-order valence-corrected chi connectivity index (χ0v) is 15.5. The molecule has 2 heterocycles. The first kappa shape index (κ1) is 20.2. The Morgan fingerprint density at radius 3 is 2.48 bits per heavy atom. The topological polar surface area (TPSA) is 122 Å². The van der Waals surface area contributed by atoms with Crippen LogP contribution in [-0.4, -0.2) is 42.7 Å². The number of carbonyl (C=O) groups is 2. The number of H-pyrrole nitrogens is 1. The van der Waals surface area contributed by atoms with Crippen LogP contribution in [0.4, 0.5) is 23.8 Å². The average Bonchev–Trinajstić information content (AvgIpc) is 3.17. The molecule has 1 amide bonds. The third kappa shape index (κ3) is 4.31. The Morgan fingerprint density at radius 2 is 1.90 bits per heavy atom. The lowest BCUT2D eigenvalue weighted by Crippen LogP contribution is -2.27. The van der Waals surface area contributed by atoms with Gasteiger partial charge in [-0.3, -0.25) is 10.4 Å². The van der Waals surface area contributed by atoms with Crippen molar-refractivity contribution in [1.29, 1.82) is 0 Å². The van der Waals surface area contributed by atoms with Crippen LogP contribution < -0.4 is 5.32 Å². The molecule has 154 valence electrons. The Kier molecular flexibility index (Phi) is 4.73. The second kappa shape index (κ2) is 6.79. The van der Waals surface area contributed by atoms with Gasteiger partial charge in [-0.15, -0.1) is 0 Å². The van der Waals surface area contributed by atoms with Gasteiger partial charge in [-0.1, -0.05) is 0 Å². The highest BCUT2D eigenvalue weighted by molar-refractivity contribution is 5.98. The minimum Gasteiger partial charge on any atom is -0.477 e. The Bertz CT molecular complexity index is 1090. The largest absolute Gasteiger partial charge is 0.477 e. The summed E-state index contributed by atoms with van der Waals surface area (Å²) in [7, 11) is 0. The molecular weight excluding hydrogens is 395 g/mol. The van der Waals surface area contributed by atoms with Crippen molar-refractivity contribution in [2.45, 2.75) is 32.5 Å². The van der Waals surface area contributed by atoms with E-state index in [9.17, 15) is 27.9 Å². The Balaban J connectivity index is 2.03. The molecule has 12 heteroatoms. The predicted octanol–water partition coefficient (Wildman–Crippen LogP) is 3.81. The van der Waals surface area contributed by atoms with Crippen molar-refractivity contribution in [3.63, 3.8) is 0 Å². The van der Waals surface area contributed by atoms with Crippen molar-refractivity contribution < 1.29 is 32.6 Å². The Labute approximate surface area is 161 Å². The summed E-state index contributed by atoms with van der Waals surface area (Å²) in [6.45, 7) is 5.03. The number of nitrogens with one attached hydrogen (secondary N) is 2. The van der Waals surface area contributed by atoms with E-state index < -0.39 is 35.2 Å². The van der Waals surface area contributed by atoms with E-state index in [1.807, 2.05) is 0 Å². The van der Waals surface area contributed by atoms with Gasteiger partial charge in [-0.2, -0.15) is 23.4 Å². The van der Waals surface area contributed by atoms with Gasteiger partial charge in [0.15, 0.2) is 17.2 Å². The van der Waals surface area contributed by atoms with E-state index in [0.29, 0.717) is 21.7 Å². The van der Waals surface area contributed by atoms with E-state index >= 15 is 0 Å². The molecular formula is C17H16F3N5O4. The van der Waals surface area contributed by atoms with Gasteiger partial charge in [0.1, 0.15) is 5.60 Å². The van der Waals surface area contributed by atoms with E-state index in [-0.39, 0.29) is 11.5 Å². The minimum absolute atomic E-state index is 0.0408. The number of fused-ring (bicyclic) bond motifs is 1. The van der Waals surface area contributed by atoms with Crippen molar-refractivity contribution in [3.8, 4) is 5.69 Å². The lowest BCUT2D eigenvalue weighted by Gasteiger charge is -2.19. The number of carboxylic acids is 1. The molecule has 0 aliphatic heterocycles. The first-order valence-electron chi connectivity index (χ1n) is 8.24. The quantitative estimate of drug-likeness (QED) is 0.602. The fourth-order valence-corrected chi connectivity index (χ4v) is 2.50. The zero-order valence-electron chi connectivity index (χ0n) is 15.5. The molecule has 0 unspecified atom stereocenters. The fraction of sp³-hybridized carbons (Fsp3) is 0.294. The van der Waals surface area contributed by atoms with Crippen LogP contribution in [0, 0.1) is 0 Å². The number of carboxylic acid groups (broad SMARTS) is 1. The molecule has 29 heavy (non-hydrogen) atoms. The van der Waals surface area contributed by atoms with Crippen LogP contribution in [-0.2, 0) is 10.9 Å². The van der Waals surface area contributed by atoms with Crippen LogP contribution in [0.15, 0.2) is 24.3 Å². The second-order valence-electron chi connectivity index (χ2n) is 7.06. The summed E-state index contributed by atoms with van der Waals surface area (Å²) in [6.07, 6.45) is -5.58. The summed E-state index contributed by atoms with van der Waals surface area (Å²) in [4.78, 5) is 23.3. The number of carbonyl (C=O) groups excluding carboxylic acids is 1. The van der Waals surface area contributed by atoms with E-state index in [1.54, 1.807) is 20.8 Å². The highest BCUT2D eigenvalue weighted by atomic mass is 19.4. The summed E-state index contributed by atoms with van der Waals surface area (Å²) < 4.78 is 44.7. The van der Waals surface area contributed by atoms with Gasteiger partial charge in [0.2, 0.25) is 0 Å². The molecule has 2 aromatic heterocycles. The average molecular weight is 411 g/mol. The van der Waals surface area contributed by atoms with E-state index in [4.69, 9.17) is 4.74 Å². The van der Waals surface area contributed by atoms with Crippen LogP contribution in [0.3, 0.4) is 0 Å². The summed E-state index contributed by atoms with van der Waals surface area (Å²) in [5.74, 6) is -1.51. The van der Waals surface area contributed by atoms with Crippen molar-refractivity contribution >= 4 is 28.8 Å². The molecule has 0 fully saturated rings. The minimum atomic E-state index is -4.81. The standard InChI is InChI=1S/C17H16F3N5O4/c1-16(2,3)29-15(28)21-13-9-6-8(4-5-10(9)22-23-13)25-11(14(26)27)7-12(24-25)17(18,19)20/h4-7H,1-3H3,(H,26,27)(H2,21,22,23,28). The van der Waals surface area contributed by atoms with E-state index in [0.717, 1.165) is 0 Å². The number of anilines is 1. The Hall–Kier alpha value is -3.57. The van der Waals surface area contributed by atoms with Crippen molar-refractivity contribution in [2.75, 3.05) is 5.32 Å². The number of aromatic nitrogens is 4. The first-order chi connectivity index (χ1) is 13.3. The third-order valence-electron chi connectivity index (χ3n) is 3.63. The van der Waals surface area contributed by atoms with Gasteiger partial charge in [-0.05, 0) is 39.0 Å². The molecule has 0 atom stereocenters. The smallest absolute Gasteiger partial charge is 0.435 e. The number of nitrogens with zero attached hydrogens (tertiary/aromatic N) is 3. The van der Waals surface area contributed by atoms with Gasteiger partial charge in [0.05, 0.1) is 11.2 Å². The second-order valence-corrected chi connectivity index (χ2v) is 7.06. The van der Waals surface area contributed by atoms with Crippen LogP contribution >= 0.6 is 0 Å². The van der Waals surface area contributed by atoms with Crippen molar-refractivity contribution in [1.82, 2.24) is 20.0 Å². The predicted molar refractivity (Wildman–Crippen MR) is 95.0 cm³/mol. The number of rotatable bonds is 3. The molecule has 3 N–H and O–H groups in total. The molecule has 9 nitrogen and oxygen atoms in total. The number of hydrogen-bond donors (Lipinski definition) is 3. The summed E-state index contributed by atoms with van der Waals surface area (Å²) in [6, 6.07) is 4.64. The number of halogens is 3. The molecule has 3 aromatic rings. The van der Waals surface area contributed by atoms with Crippen LogP contribution in [0.2, 0.25) is 0 Å². The molecule has 0 aliphatic rings. The maximum atomic E-state index is 13.0. The van der Waals surface area contributed by atoms with Gasteiger partial charge in [0, 0.05) is 11.5 Å². The van der Waals surface area contributed by atoms with Crippen LogP contribution in [0.1, 0.15) is 37.0 Å². The first-order valence-corrected chi connectivity index (χ1v) is 8.24. The molecule has 0 aliphatic carbocycles. The van der Waals surface area contributed by atoms with Crippen LogP contribution in [0.5, 0.6) is 0 Å². The monoisotopic (exact) mass is 411 g/mol. The normalized spacial score (nSPS) is 12.2. The Morgan fingerprint density at radius 1 is 1.21 bits per heavy atom. The van der Waals surface area contributed by atoms with Gasteiger partial charge in [0.25, 0.3) is 0 Å². The van der Waals surface area contributed by atoms with Gasteiger partial charge < -0.3 is 9.84 Å². The van der Waals surface area contributed by atoms with Gasteiger partial charge in [-0.25, -0.2) is 14.3 Å². The van der Waals surface area contributed by atoms with E-state index in [2.05, 4.69) is 20.6 Å². The number of ether oxygens (including phenoxy) is 1.